The number of fused-ring (bicyclic) bond motifs is 8. The summed E-state index contributed by atoms with van der Waals surface area (Å²) in [5, 5.41) is 0. The third-order valence-corrected chi connectivity index (χ3v) is 12.8. The Morgan fingerprint density at radius 2 is 0.820 bits per heavy atom. The molecule has 0 saturated carbocycles. The van der Waals surface area contributed by atoms with E-state index in [1.165, 1.54) is 0 Å². The predicted octanol–water partition coefficient (Wildman–Crippen LogP) is 8.09. The summed E-state index contributed by atoms with van der Waals surface area (Å²) >= 11 is 0. The van der Waals surface area contributed by atoms with Crippen molar-refractivity contribution in [2.75, 3.05) is 39.3 Å². The average Bonchev–Trinajstić information content (AvgIpc) is 4.13. The summed E-state index contributed by atoms with van der Waals surface area (Å²) in [5.74, 6) is 1.09. The van der Waals surface area contributed by atoms with E-state index < -0.39 is 0 Å². The van der Waals surface area contributed by atoms with Crippen molar-refractivity contribution in [2.45, 2.75) is 87.0 Å². The van der Waals surface area contributed by atoms with E-state index in [4.69, 9.17) is 19.9 Å². The van der Waals surface area contributed by atoms with Gasteiger partial charge in [-0.1, -0.05) is 24.3 Å². The molecule has 0 atom stereocenters. The minimum atomic E-state index is -0.0729. The van der Waals surface area contributed by atoms with Gasteiger partial charge in [0, 0.05) is 93.2 Å². The average molecular weight is 859 g/mol. The Balaban J connectivity index is 0.00000514. The van der Waals surface area contributed by atoms with Crippen molar-refractivity contribution in [3.05, 3.63) is 113 Å². The first-order valence-electron chi connectivity index (χ1n) is 22.1. The summed E-state index contributed by atoms with van der Waals surface area (Å²) < 4.78 is 4.63. The van der Waals surface area contributed by atoms with Crippen molar-refractivity contribution in [1.82, 2.24) is 53.9 Å². The molecule has 61 heavy (non-hydrogen) atoms. The van der Waals surface area contributed by atoms with Gasteiger partial charge in [-0.05, 0) is 79.7 Å². The number of hydrogen-bond donors (Lipinski definition) is 0. The van der Waals surface area contributed by atoms with Crippen LogP contribution in [0.25, 0.3) is 57.8 Å². The molecule has 9 heterocycles. The van der Waals surface area contributed by atoms with Gasteiger partial charge in [-0.25, -0.2) is 19.1 Å². The first-order valence-corrected chi connectivity index (χ1v) is 22.1. The van der Waals surface area contributed by atoms with Gasteiger partial charge in [-0.15, -0.1) is 22.1 Å². The largest absolute Gasteiger partial charge is 3.00 e. The zero-order chi connectivity index (χ0) is 41.7. The molecule has 0 radical (unpaired) electrons. The van der Waals surface area contributed by atoms with Gasteiger partial charge in [0.15, 0.2) is 0 Å². The van der Waals surface area contributed by atoms with Crippen LogP contribution in [0.5, 0.6) is 0 Å². The second-order valence-electron chi connectivity index (χ2n) is 15.7. The van der Waals surface area contributed by atoms with Gasteiger partial charge < -0.3 is 39.4 Å². The molecule has 0 N–H and O–H groups in total. The summed E-state index contributed by atoms with van der Waals surface area (Å²) in [6.07, 6.45) is 26.2. The van der Waals surface area contributed by atoms with Crippen LogP contribution in [0.1, 0.15) is 113 Å². The molecular weight excluding hydrogens is 800 g/mol. The minimum Gasteiger partial charge on any atom is -0.657 e. The molecule has 12 nitrogen and oxygen atoms in total. The molecule has 0 unspecified atom stereocenters. The van der Waals surface area contributed by atoms with Crippen molar-refractivity contribution in [1.29, 1.82) is 0 Å². The Hall–Kier alpha value is -5.65. The fourth-order valence-electron chi connectivity index (χ4n) is 9.68. The Kier molecular flexibility index (Phi) is 12.0. The van der Waals surface area contributed by atoms with Crippen molar-refractivity contribution in [3.8, 4) is 11.4 Å². The van der Waals surface area contributed by atoms with Crippen molar-refractivity contribution in [2.24, 2.45) is 0 Å². The van der Waals surface area contributed by atoms with Gasteiger partial charge in [0.05, 0.1) is 41.4 Å². The Labute approximate surface area is 371 Å². The molecule has 0 amide bonds. The van der Waals surface area contributed by atoms with E-state index in [2.05, 4.69) is 192 Å². The first-order chi connectivity index (χ1) is 29.4. The maximum Gasteiger partial charge on any atom is 3.00 e. The molecule has 0 saturated heterocycles. The van der Waals surface area contributed by atoms with Crippen LogP contribution >= 0.6 is 0 Å². The summed E-state index contributed by atoms with van der Waals surface area (Å²) in [6.45, 7) is 24.5. The van der Waals surface area contributed by atoms with Gasteiger partial charge in [0.2, 0.25) is 0 Å². The second kappa shape index (κ2) is 17.4. The first kappa shape index (κ1) is 42.1. The number of aromatic nitrogens is 6. The molecule has 4 aromatic rings. The number of rotatable bonds is 12. The Morgan fingerprint density at radius 3 is 1.18 bits per heavy atom. The summed E-state index contributed by atoms with van der Waals surface area (Å²) in [7, 11) is 0. The smallest absolute Gasteiger partial charge is 0.657 e. The van der Waals surface area contributed by atoms with Crippen LogP contribution in [0.2, 0.25) is 0 Å². The van der Waals surface area contributed by atoms with E-state index in [0.29, 0.717) is 0 Å². The molecule has 0 spiro atoms. The third-order valence-electron chi connectivity index (χ3n) is 12.8. The van der Waals surface area contributed by atoms with Crippen LogP contribution in [0.4, 0.5) is 0 Å². The summed E-state index contributed by atoms with van der Waals surface area (Å²) in [5.41, 5.74) is 11.6. The molecule has 13 heteroatoms. The molecule has 0 aliphatic carbocycles. The molecule has 316 valence electrons. The fourth-order valence-corrected chi connectivity index (χ4v) is 9.68. The van der Waals surface area contributed by atoms with Crippen molar-refractivity contribution in [3.63, 3.8) is 0 Å². The minimum absolute atomic E-state index is 0. The molecule has 5 aliphatic heterocycles. The maximum atomic E-state index is 5.64. The van der Waals surface area contributed by atoms with Crippen LogP contribution in [0.15, 0.2) is 73.9 Å². The molecule has 5 aliphatic rings. The molecule has 9 rings (SSSR count). The van der Waals surface area contributed by atoms with Gasteiger partial charge in [0.1, 0.15) is 30.9 Å². The Bertz CT molecular complexity index is 2490. The number of hydrogen-bond acceptors (Lipinski definition) is 8. The van der Waals surface area contributed by atoms with Crippen LogP contribution in [0.3, 0.4) is 0 Å². The molecule has 8 bridgehead atoms. The van der Waals surface area contributed by atoms with E-state index in [-0.39, 0.29) is 35.6 Å². The molecule has 0 fully saturated rings. The van der Waals surface area contributed by atoms with Gasteiger partial charge in [-0.2, -0.15) is 0 Å². The number of imidazole rings is 1. The van der Waals surface area contributed by atoms with E-state index >= 15 is 0 Å². The zero-order valence-corrected chi connectivity index (χ0v) is 38.1. The molecular formula is C48H59MnN12+2. The summed E-state index contributed by atoms with van der Waals surface area (Å²) in [4.78, 5) is 36.9. The topological polar surface area (TPSA) is 82.2 Å². The second-order valence-corrected chi connectivity index (χ2v) is 15.7. The van der Waals surface area contributed by atoms with Gasteiger partial charge in [-0.3, -0.25) is 0 Å². The standard InChI is InChI=1S/C48H59N12.Mn/c1-9-53-25-26-54(10-2)45(53)41-33-17-19-35(49-33)42(46-55(11-3)27-28-56(46)12-4)37-21-23-39(51-37)44(48-59(15-7)31-32-60(48)16-8)40-24-22-38(52-40)43(36-20-18-34(41)50-36)47-57(13-5)29-30-58(47)14-6;/h17-32,45-47H,9-16H2,1-8H3;/q-1;+3. The summed E-state index contributed by atoms with van der Waals surface area (Å²) in [6, 6.07) is 8.80. The van der Waals surface area contributed by atoms with E-state index in [1.54, 1.807) is 0 Å². The van der Waals surface area contributed by atoms with E-state index in [1.807, 2.05) is 0 Å². The number of nitrogens with zero attached hydrogens (tertiary/aromatic N) is 12. The van der Waals surface area contributed by atoms with Crippen molar-refractivity contribution < 1.29 is 21.6 Å². The maximum absolute atomic E-state index is 5.64. The monoisotopic (exact) mass is 858 g/mol. The quantitative estimate of drug-likeness (QED) is 0.0891. The Morgan fingerprint density at radius 1 is 0.475 bits per heavy atom. The van der Waals surface area contributed by atoms with Gasteiger partial charge >= 0.3 is 17.1 Å². The van der Waals surface area contributed by atoms with Crippen LogP contribution in [-0.2, 0) is 30.2 Å². The van der Waals surface area contributed by atoms with E-state index in [0.717, 1.165) is 125 Å². The predicted molar refractivity (Wildman–Crippen MR) is 242 cm³/mol. The fraction of sp³-hybridized carbons (Fsp3) is 0.396. The van der Waals surface area contributed by atoms with Crippen LogP contribution < -0.4 is 14.5 Å². The molecule has 0 aromatic carbocycles. The SMILES string of the molecule is CCN1C=CN(CC)C1c1c2nc(c(C3N(CC)C=CN3CC)c3ccc([n-]3)c(C3N(CC)C=CN3CC)c3nc(c(-c4n(CC)cc[n+]4CC)c4ccc1[n-]4)C=C3)C=C2.[Mn+3]. The van der Waals surface area contributed by atoms with Crippen molar-refractivity contribution >= 4 is 46.4 Å². The van der Waals surface area contributed by atoms with Crippen LogP contribution in [0, 0.1) is 0 Å². The normalized spacial score (nSPS) is 16.5. The third kappa shape index (κ3) is 6.95. The van der Waals surface area contributed by atoms with Gasteiger partial charge in [0.25, 0.3) is 5.82 Å². The van der Waals surface area contributed by atoms with Crippen LogP contribution in [-0.4, -0.2) is 83.2 Å². The molecule has 4 aromatic heterocycles. The number of aryl methyl sites for hydroxylation is 2. The van der Waals surface area contributed by atoms with E-state index in [9.17, 15) is 0 Å². The zero-order valence-electron chi connectivity index (χ0n) is 36.9.